The van der Waals surface area contributed by atoms with E-state index in [2.05, 4.69) is 20.5 Å². The normalized spacial score (nSPS) is 25.8. The molecule has 50 heavy (non-hydrogen) atoms. The number of hydrogen-bond donors (Lipinski definition) is 7. The van der Waals surface area contributed by atoms with Gasteiger partial charge in [0.1, 0.15) is 18.2 Å². The number of likely N-dealkylation sites (tertiary alicyclic amines) is 1. The zero-order chi connectivity index (χ0) is 36.4. The van der Waals surface area contributed by atoms with Crippen molar-refractivity contribution in [3.63, 3.8) is 0 Å². The van der Waals surface area contributed by atoms with E-state index in [9.17, 15) is 29.4 Å². The molecule has 5 atom stereocenters. The molecule has 1 aromatic carbocycles. The summed E-state index contributed by atoms with van der Waals surface area (Å²) in [7, 11) is 1.50. The number of carbonyl (C=O) groups is 4. The van der Waals surface area contributed by atoms with Crippen molar-refractivity contribution in [3.05, 3.63) is 35.1 Å². The number of guanidine groups is 1. The van der Waals surface area contributed by atoms with Crippen LogP contribution in [0.2, 0.25) is 0 Å². The number of nitrogens with one attached hydrogen (secondary N) is 2. The predicted molar refractivity (Wildman–Crippen MR) is 181 cm³/mol. The van der Waals surface area contributed by atoms with Crippen LogP contribution in [0, 0.1) is 12.8 Å². The van der Waals surface area contributed by atoms with Gasteiger partial charge in [-0.2, -0.15) is 0 Å². The number of fused-ring (bicyclic) bond motifs is 1. The van der Waals surface area contributed by atoms with Gasteiger partial charge < -0.3 is 51.8 Å². The Labute approximate surface area is 290 Å². The quantitative estimate of drug-likeness (QED) is 0.0605. The Kier molecular flexibility index (Phi) is 10.8. The van der Waals surface area contributed by atoms with Crippen LogP contribution in [0.25, 0.3) is 0 Å². The highest BCUT2D eigenvalue weighted by molar-refractivity contribution is 5.96. The van der Waals surface area contributed by atoms with Crippen LogP contribution in [0.3, 0.4) is 0 Å². The number of aromatic hydroxyl groups is 1. The number of phenolic OH excluding ortho intramolecular Hbond substituents is 1. The van der Waals surface area contributed by atoms with E-state index < -0.39 is 53.5 Å². The molecule has 274 valence electrons. The van der Waals surface area contributed by atoms with Crippen molar-refractivity contribution in [2.24, 2.45) is 22.4 Å². The van der Waals surface area contributed by atoms with Gasteiger partial charge in [0.25, 0.3) is 0 Å². The predicted octanol–water partition coefficient (Wildman–Crippen LogP) is 0.420. The van der Waals surface area contributed by atoms with Crippen LogP contribution in [0.15, 0.2) is 29.0 Å². The van der Waals surface area contributed by atoms with Crippen molar-refractivity contribution in [3.8, 4) is 11.5 Å². The number of nitrogens with two attached hydrogens (primary N) is 2. The number of nitrogens with zero attached hydrogens (tertiary/aromatic N) is 3. The molecular formula is C34H49N7O9. The van der Waals surface area contributed by atoms with Gasteiger partial charge in [0.05, 0.1) is 11.0 Å². The standard InChI is InChI=1S/C34H49N7O9/c1-19-6-9-23(42)28-27(19)33-12-15-41(18-21-7-8-21)20(2)34(33,48)11-10-24(29(33)50-28)49-32(47)40(3)16-14-37-30(46)22(5-4-13-38-31(35)36)39-25(43)17-26(44)45/h6,9-10,20-22,29,42,48H,4-5,7-8,11-18H2,1-3H3,(H,37,46)(H,39,43)(H,44,45)(H4,35,36,38)/t20-,22-,29+,33+,34-/m1/s1. The van der Waals surface area contributed by atoms with Gasteiger partial charge in [-0.25, -0.2) is 4.79 Å². The van der Waals surface area contributed by atoms with Crippen LogP contribution in [0.4, 0.5) is 4.79 Å². The van der Waals surface area contributed by atoms with Gasteiger partial charge in [0.2, 0.25) is 11.8 Å². The molecule has 2 fully saturated rings. The number of hydrogen-bond acceptors (Lipinski definition) is 10. The van der Waals surface area contributed by atoms with Crippen molar-refractivity contribution in [2.75, 3.05) is 39.8 Å². The highest BCUT2D eigenvalue weighted by atomic mass is 16.6. The first-order valence-electron chi connectivity index (χ1n) is 17.1. The number of aliphatic imine (C=N–C) groups is 1. The Bertz CT molecular complexity index is 1560. The minimum atomic E-state index is -1.33. The number of aryl methyl sites for hydroxylation is 1. The van der Waals surface area contributed by atoms with Crippen molar-refractivity contribution < 1.29 is 44.0 Å². The van der Waals surface area contributed by atoms with E-state index in [4.69, 9.17) is 26.0 Å². The van der Waals surface area contributed by atoms with Crippen LogP contribution < -0.4 is 26.8 Å². The minimum Gasteiger partial charge on any atom is -0.504 e. The third-order valence-corrected chi connectivity index (χ3v) is 10.5. The molecule has 0 aromatic heterocycles. The van der Waals surface area contributed by atoms with E-state index in [1.54, 1.807) is 12.1 Å². The number of phenols is 1. The molecule has 2 heterocycles. The lowest BCUT2D eigenvalue weighted by molar-refractivity contribution is -0.158. The van der Waals surface area contributed by atoms with Gasteiger partial charge in [-0.05, 0) is 76.1 Å². The van der Waals surface area contributed by atoms with Crippen LogP contribution in [0.5, 0.6) is 11.5 Å². The van der Waals surface area contributed by atoms with Gasteiger partial charge in [-0.15, -0.1) is 0 Å². The van der Waals surface area contributed by atoms with Crippen LogP contribution >= 0.6 is 0 Å². The molecule has 1 saturated heterocycles. The largest absolute Gasteiger partial charge is 0.504 e. The maximum atomic E-state index is 13.4. The molecule has 0 radical (unpaired) electrons. The molecule has 3 amide bonds. The number of piperidine rings is 1. The highest BCUT2D eigenvalue weighted by Gasteiger charge is 2.69. The molecule has 2 aliphatic carbocycles. The molecule has 1 spiro atoms. The fraction of sp³-hybridized carbons (Fsp3) is 0.618. The summed E-state index contributed by atoms with van der Waals surface area (Å²) >= 11 is 0. The first-order valence-corrected chi connectivity index (χ1v) is 17.1. The lowest BCUT2D eigenvalue weighted by Crippen LogP contribution is -2.72. The van der Waals surface area contributed by atoms with Gasteiger partial charge >= 0.3 is 12.1 Å². The summed E-state index contributed by atoms with van der Waals surface area (Å²) < 4.78 is 12.4. The number of benzene rings is 1. The third kappa shape index (κ3) is 7.31. The lowest BCUT2D eigenvalue weighted by Gasteiger charge is -2.59. The Morgan fingerprint density at radius 2 is 1.98 bits per heavy atom. The second-order valence-corrected chi connectivity index (χ2v) is 13.9. The van der Waals surface area contributed by atoms with E-state index in [-0.39, 0.29) is 56.0 Å². The summed E-state index contributed by atoms with van der Waals surface area (Å²) in [5.74, 6) is -1.72. The summed E-state index contributed by atoms with van der Waals surface area (Å²) in [6.45, 7) is 5.83. The van der Waals surface area contributed by atoms with Crippen molar-refractivity contribution in [1.82, 2.24) is 20.4 Å². The molecule has 16 heteroatoms. The maximum Gasteiger partial charge on any atom is 0.414 e. The summed E-state index contributed by atoms with van der Waals surface area (Å²) in [6, 6.07) is 2.11. The third-order valence-electron chi connectivity index (χ3n) is 10.5. The molecule has 9 N–H and O–H groups in total. The van der Waals surface area contributed by atoms with Crippen molar-refractivity contribution >= 4 is 29.8 Å². The average molecular weight is 700 g/mol. The van der Waals surface area contributed by atoms with Gasteiger partial charge in [0.15, 0.2) is 23.6 Å². The van der Waals surface area contributed by atoms with Crippen LogP contribution in [0.1, 0.15) is 63.0 Å². The van der Waals surface area contributed by atoms with E-state index in [0.717, 1.165) is 17.7 Å². The SMILES string of the molecule is Cc1ccc(O)c2c1[C@]13CCN(CC4CC4)[C@H](C)[C@]1(O)CC=C(OC(=O)N(C)CCNC(=O)[C@@H](CCCN=C(N)N)NC(=O)CC(=O)O)[C@@H]3O2. The molecule has 16 nitrogen and oxygen atoms in total. The number of aliphatic hydroxyl groups is 1. The summed E-state index contributed by atoms with van der Waals surface area (Å²) in [6.07, 6.45) is 2.94. The Hall–Kier alpha value is -4.57. The summed E-state index contributed by atoms with van der Waals surface area (Å²) in [5, 5.41) is 37.5. The number of carboxylic acid groups (broad SMARTS) is 1. The molecule has 5 rings (SSSR count). The number of aliphatic carboxylic acids is 1. The topological polar surface area (TPSA) is 242 Å². The lowest BCUT2D eigenvalue weighted by atomic mass is 9.54. The molecule has 0 bridgehead atoms. The monoisotopic (exact) mass is 699 g/mol. The maximum absolute atomic E-state index is 13.4. The first kappa shape index (κ1) is 36.7. The molecule has 4 aliphatic rings. The molecule has 1 aromatic rings. The Morgan fingerprint density at radius 3 is 2.66 bits per heavy atom. The first-order chi connectivity index (χ1) is 23.7. The number of carboxylic acids is 1. The van der Waals surface area contributed by atoms with Crippen molar-refractivity contribution in [2.45, 2.75) is 88.0 Å². The van der Waals surface area contributed by atoms with Gasteiger partial charge in [-0.1, -0.05) is 6.07 Å². The molecular weight excluding hydrogens is 650 g/mol. The van der Waals surface area contributed by atoms with E-state index in [0.29, 0.717) is 31.1 Å². The van der Waals surface area contributed by atoms with Gasteiger partial charge in [-0.3, -0.25) is 24.3 Å². The van der Waals surface area contributed by atoms with Crippen molar-refractivity contribution in [1.29, 1.82) is 0 Å². The van der Waals surface area contributed by atoms with E-state index >= 15 is 0 Å². The second kappa shape index (κ2) is 14.7. The zero-order valence-electron chi connectivity index (χ0n) is 28.8. The highest BCUT2D eigenvalue weighted by Crippen LogP contribution is 2.62. The average Bonchev–Trinajstić information content (AvgIpc) is 3.80. The second-order valence-electron chi connectivity index (χ2n) is 13.9. The summed E-state index contributed by atoms with van der Waals surface area (Å²) in [4.78, 5) is 56.9. The fourth-order valence-corrected chi connectivity index (χ4v) is 7.69. The Balaban J connectivity index is 1.25. The van der Waals surface area contributed by atoms with Gasteiger partial charge in [0, 0.05) is 51.3 Å². The molecule has 2 aliphatic heterocycles. The van der Waals surface area contributed by atoms with Crippen LogP contribution in [-0.4, -0.2) is 119 Å². The number of amides is 3. The smallest absolute Gasteiger partial charge is 0.414 e. The summed E-state index contributed by atoms with van der Waals surface area (Å²) in [5.41, 5.74) is 10.1. The number of carbonyl (C=O) groups excluding carboxylic acids is 3. The van der Waals surface area contributed by atoms with E-state index in [1.807, 2.05) is 19.9 Å². The number of ether oxygens (including phenoxy) is 2. The number of rotatable bonds is 14. The van der Waals surface area contributed by atoms with Crippen LogP contribution in [-0.2, 0) is 24.5 Å². The Morgan fingerprint density at radius 1 is 1.24 bits per heavy atom. The minimum absolute atomic E-state index is 0.000841. The number of likely N-dealkylation sites (N-methyl/N-ethyl adjacent to an activating group) is 1. The molecule has 0 unspecified atom stereocenters. The fourth-order valence-electron chi connectivity index (χ4n) is 7.69. The molecule has 1 saturated carbocycles. The zero-order valence-corrected chi connectivity index (χ0v) is 28.8. The van der Waals surface area contributed by atoms with E-state index in [1.165, 1.54) is 24.8 Å².